The van der Waals surface area contributed by atoms with Crippen molar-refractivity contribution < 1.29 is 9.53 Å². The molecule has 1 unspecified atom stereocenters. The molecule has 0 saturated carbocycles. The van der Waals surface area contributed by atoms with Crippen LogP contribution in [-0.2, 0) is 9.53 Å². The first-order valence-corrected chi connectivity index (χ1v) is 17.6. The van der Waals surface area contributed by atoms with Gasteiger partial charge in [-0.2, -0.15) is 0 Å². The van der Waals surface area contributed by atoms with Crippen molar-refractivity contribution in [1.82, 2.24) is 0 Å². The van der Waals surface area contributed by atoms with Gasteiger partial charge in [0.25, 0.3) is 0 Å². The van der Waals surface area contributed by atoms with Crippen molar-refractivity contribution in [1.29, 1.82) is 0 Å². The van der Waals surface area contributed by atoms with Gasteiger partial charge in [0, 0.05) is 0 Å². The second kappa shape index (κ2) is 6.67. The van der Waals surface area contributed by atoms with E-state index < -0.39 is 18.4 Å². The molecule has 20 heavy (non-hydrogen) atoms. The number of carbonyl (C=O) groups is 1. The summed E-state index contributed by atoms with van der Waals surface area (Å²) in [6.07, 6.45) is 5.62. The maximum absolute atomic E-state index is 12.2. The number of ether oxygens (including phenoxy) is 1. The molecule has 1 aliphatic rings. The van der Waals surface area contributed by atoms with Gasteiger partial charge in [0.15, 0.2) is 0 Å². The van der Waals surface area contributed by atoms with Crippen molar-refractivity contribution in [2.24, 2.45) is 11.3 Å². The summed E-state index contributed by atoms with van der Waals surface area (Å²) in [6, 6.07) is 0. The van der Waals surface area contributed by atoms with E-state index >= 15 is 0 Å². The van der Waals surface area contributed by atoms with Crippen LogP contribution >= 0.6 is 0 Å². The minimum absolute atomic E-state index is 0.226. The molecule has 1 rings (SSSR count). The third kappa shape index (κ3) is 4.94. The zero-order valence-corrected chi connectivity index (χ0v) is 17.0. The Labute approximate surface area is 128 Å². The van der Waals surface area contributed by atoms with E-state index in [9.17, 15) is 4.79 Å². The summed E-state index contributed by atoms with van der Waals surface area (Å²) >= 11 is -1.95. The fourth-order valence-corrected chi connectivity index (χ4v) is 4.11. The second-order valence-electron chi connectivity index (χ2n) is 7.76. The van der Waals surface area contributed by atoms with Crippen LogP contribution in [-0.4, -0.2) is 30.8 Å². The van der Waals surface area contributed by atoms with Crippen molar-refractivity contribution in [3.63, 3.8) is 0 Å². The molecule has 0 aromatic heterocycles. The van der Waals surface area contributed by atoms with Crippen LogP contribution in [0.5, 0.6) is 0 Å². The summed E-state index contributed by atoms with van der Waals surface area (Å²) in [6.45, 7) is 9.25. The average molecular weight is 385 g/mol. The molecule has 1 atom stereocenters. The van der Waals surface area contributed by atoms with Gasteiger partial charge < -0.3 is 0 Å². The van der Waals surface area contributed by atoms with Gasteiger partial charge in [-0.15, -0.1) is 0 Å². The van der Waals surface area contributed by atoms with Gasteiger partial charge in [0.2, 0.25) is 0 Å². The first kappa shape index (κ1) is 17.8. The Hall–Kier alpha value is -0.251. The van der Waals surface area contributed by atoms with Gasteiger partial charge in [-0.25, -0.2) is 0 Å². The standard InChI is InChI=1S/C14H21O2.3CH3.Sn/c1-5-6-7-14(4)9-12(8-13(14)15)16-10-11(2)3;;;;/h6,8,11H,7,9-10H2,1-4H3;3*1H3;. The van der Waals surface area contributed by atoms with Crippen LogP contribution in [0.1, 0.15) is 40.5 Å². The third-order valence-corrected chi connectivity index (χ3v) is 11.4. The molecular weight excluding hydrogens is 355 g/mol. The fourth-order valence-electron chi connectivity index (χ4n) is 2.07. The van der Waals surface area contributed by atoms with E-state index in [-0.39, 0.29) is 11.2 Å². The van der Waals surface area contributed by atoms with Crippen molar-refractivity contribution >= 4 is 24.2 Å². The minimum atomic E-state index is -1.95. The molecule has 0 N–H and O–H groups in total. The van der Waals surface area contributed by atoms with Crippen LogP contribution in [0.25, 0.3) is 0 Å². The first-order valence-electron chi connectivity index (χ1n) is 7.59. The number of rotatable bonds is 6. The molecule has 0 fully saturated rings. The number of ketones is 1. The number of hydrogen-bond donors (Lipinski definition) is 0. The molecule has 0 amide bonds. The summed E-state index contributed by atoms with van der Waals surface area (Å²) in [5.41, 5.74) is -0.287. The molecular formula is C17H30O2Sn. The summed E-state index contributed by atoms with van der Waals surface area (Å²) in [7, 11) is 0. The number of hydrogen-bond acceptors (Lipinski definition) is 2. The van der Waals surface area contributed by atoms with Crippen molar-refractivity contribution in [2.45, 2.75) is 55.4 Å². The van der Waals surface area contributed by atoms with E-state index in [4.69, 9.17) is 4.74 Å². The first-order chi connectivity index (χ1) is 9.04. The summed E-state index contributed by atoms with van der Waals surface area (Å²) in [5.74, 6) is 1.59. The van der Waals surface area contributed by atoms with E-state index in [0.29, 0.717) is 12.5 Å². The molecule has 0 spiro atoms. The van der Waals surface area contributed by atoms with Crippen molar-refractivity contribution in [3.8, 4) is 0 Å². The number of carbonyl (C=O) groups excluding carboxylic acids is 1. The Morgan fingerprint density at radius 2 is 2.05 bits per heavy atom. The Kier molecular flexibility index (Phi) is 5.94. The van der Waals surface area contributed by atoms with Crippen LogP contribution in [0.15, 0.2) is 21.5 Å². The fraction of sp³-hybridized carbons (Fsp3) is 0.706. The topological polar surface area (TPSA) is 26.3 Å². The molecule has 114 valence electrons. The Bertz CT molecular complexity index is 427. The quantitative estimate of drug-likeness (QED) is 0.618. The van der Waals surface area contributed by atoms with E-state index in [1.165, 1.54) is 0 Å². The molecule has 0 radical (unpaired) electrons. The van der Waals surface area contributed by atoms with E-state index in [2.05, 4.69) is 48.6 Å². The molecule has 0 aromatic rings. The van der Waals surface area contributed by atoms with Gasteiger partial charge in [-0.05, 0) is 0 Å². The van der Waals surface area contributed by atoms with Gasteiger partial charge in [-0.3, -0.25) is 0 Å². The normalized spacial score (nSPS) is 24.3. The Balaban J connectivity index is 2.67. The van der Waals surface area contributed by atoms with Crippen molar-refractivity contribution in [3.05, 3.63) is 21.5 Å². The SMILES string of the molecule is C/[C](=C/CC1(C)CC(OCC(C)C)=CC1=O)[Sn]([CH3])([CH3])[CH3]. The van der Waals surface area contributed by atoms with E-state index in [1.54, 1.807) is 9.67 Å². The van der Waals surface area contributed by atoms with Crippen LogP contribution in [0.3, 0.4) is 0 Å². The van der Waals surface area contributed by atoms with Crippen LogP contribution in [0, 0.1) is 11.3 Å². The molecule has 3 heteroatoms. The monoisotopic (exact) mass is 386 g/mol. The van der Waals surface area contributed by atoms with Gasteiger partial charge in [0.05, 0.1) is 0 Å². The second-order valence-corrected chi connectivity index (χ2v) is 22.9. The van der Waals surface area contributed by atoms with Crippen LogP contribution < -0.4 is 0 Å². The third-order valence-electron chi connectivity index (χ3n) is 4.10. The average Bonchev–Trinajstić information content (AvgIpc) is 2.59. The predicted octanol–water partition coefficient (Wildman–Crippen LogP) is 4.74. The van der Waals surface area contributed by atoms with Crippen molar-refractivity contribution in [2.75, 3.05) is 6.61 Å². The zero-order chi connectivity index (χ0) is 15.6. The van der Waals surface area contributed by atoms with Crippen LogP contribution in [0.4, 0.5) is 0 Å². The maximum atomic E-state index is 12.2. The Morgan fingerprint density at radius 1 is 1.45 bits per heavy atom. The molecule has 0 aromatic carbocycles. The van der Waals surface area contributed by atoms with Gasteiger partial charge in [-0.1, -0.05) is 0 Å². The van der Waals surface area contributed by atoms with Crippen LogP contribution in [0.2, 0.25) is 14.8 Å². The molecule has 0 bridgehead atoms. The summed E-state index contributed by atoms with van der Waals surface area (Å²) < 4.78 is 7.28. The number of allylic oxidation sites excluding steroid dienone is 4. The molecule has 1 aliphatic carbocycles. The Morgan fingerprint density at radius 3 is 2.55 bits per heavy atom. The molecule has 0 heterocycles. The molecule has 2 nitrogen and oxygen atoms in total. The summed E-state index contributed by atoms with van der Waals surface area (Å²) in [5, 5.41) is 0. The van der Waals surface area contributed by atoms with E-state index in [0.717, 1.165) is 18.6 Å². The van der Waals surface area contributed by atoms with Gasteiger partial charge >= 0.3 is 128 Å². The molecule has 0 saturated heterocycles. The van der Waals surface area contributed by atoms with Gasteiger partial charge in [0.1, 0.15) is 0 Å². The molecule has 0 aliphatic heterocycles. The predicted molar refractivity (Wildman–Crippen MR) is 88.3 cm³/mol. The zero-order valence-electron chi connectivity index (χ0n) is 14.2. The summed E-state index contributed by atoms with van der Waals surface area (Å²) in [4.78, 5) is 19.5. The van der Waals surface area contributed by atoms with E-state index in [1.807, 2.05) is 0 Å².